The van der Waals surface area contributed by atoms with Crippen LogP contribution in [0.2, 0.25) is 0 Å². The number of para-hydroxylation sites is 1. The number of nitrogens with zero attached hydrogens (tertiary/aromatic N) is 3. The first-order chi connectivity index (χ1) is 32.2. The summed E-state index contributed by atoms with van der Waals surface area (Å²) in [7, 11) is 0. The monoisotopic (exact) mass is 829 g/mol. The van der Waals surface area contributed by atoms with E-state index in [1.807, 2.05) is 18.2 Å². The van der Waals surface area contributed by atoms with Gasteiger partial charge in [0.05, 0.1) is 0 Å². The fourth-order valence-corrected chi connectivity index (χ4v) is 9.16. The van der Waals surface area contributed by atoms with Gasteiger partial charge in [-0.1, -0.05) is 218 Å². The van der Waals surface area contributed by atoms with Crippen LogP contribution in [0.4, 0.5) is 0 Å². The van der Waals surface area contributed by atoms with Gasteiger partial charge in [0, 0.05) is 33.0 Å². The Morgan fingerprint density at radius 1 is 0.246 bits per heavy atom. The highest BCUT2D eigenvalue weighted by Gasteiger charge is 2.21. The van der Waals surface area contributed by atoms with E-state index in [-0.39, 0.29) is 0 Å². The van der Waals surface area contributed by atoms with Gasteiger partial charge in [-0.05, 0) is 79.0 Å². The predicted molar refractivity (Wildman–Crippen MR) is 268 cm³/mol. The van der Waals surface area contributed by atoms with Crippen molar-refractivity contribution >= 4 is 32.7 Å². The lowest BCUT2D eigenvalue weighted by molar-refractivity contribution is 0.670. The molecule has 0 radical (unpaired) electrons. The van der Waals surface area contributed by atoms with Gasteiger partial charge in [-0.15, -0.1) is 0 Å². The molecular formula is C61H39N3O. The van der Waals surface area contributed by atoms with Crippen molar-refractivity contribution in [1.29, 1.82) is 0 Å². The van der Waals surface area contributed by atoms with Crippen LogP contribution in [0.15, 0.2) is 241 Å². The first kappa shape index (κ1) is 38.0. The molecule has 2 heterocycles. The van der Waals surface area contributed by atoms with E-state index in [4.69, 9.17) is 19.4 Å². The lowest BCUT2D eigenvalue weighted by Crippen LogP contribution is -2.01. The van der Waals surface area contributed by atoms with Gasteiger partial charge in [-0.3, -0.25) is 0 Å². The normalized spacial score (nSPS) is 11.4. The van der Waals surface area contributed by atoms with Gasteiger partial charge in [0.2, 0.25) is 0 Å². The molecule has 12 rings (SSSR count). The largest absolute Gasteiger partial charge is 0.455 e. The van der Waals surface area contributed by atoms with Crippen molar-refractivity contribution in [3.8, 4) is 89.8 Å². The van der Waals surface area contributed by atoms with E-state index in [0.29, 0.717) is 17.5 Å². The first-order valence-electron chi connectivity index (χ1n) is 21.9. The zero-order valence-corrected chi connectivity index (χ0v) is 35.3. The fraction of sp³-hybridized carbons (Fsp3) is 0. The van der Waals surface area contributed by atoms with Crippen molar-refractivity contribution in [2.45, 2.75) is 0 Å². The summed E-state index contributed by atoms with van der Waals surface area (Å²) in [6, 6.07) is 82.8. The molecule has 304 valence electrons. The molecule has 4 heteroatoms. The minimum absolute atomic E-state index is 0.578. The zero-order chi connectivity index (χ0) is 43.1. The highest BCUT2D eigenvalue weighted by Crippen LogP contribution is 2.42. The van der Waals surface area contributed by atoms with Gasteiger partial charge in [0.15, 0.2) is 17.5 Å². The first-order valence-corrected chi connectivity index (χ1v) is 21.9. The lowest BCUT2D eigenvalue weighted by atomic mass is 9.94. The van der Waals surface area contributed by atoms with Crippen molar-refractivity contribution in [3.05, 3.63) is 237 Å². The third kappa shape index (κ3) is 7.04. The Morgan fingerprint density at radius 3 is 1.34 bits per heavy atom. The van der Waals surface area contributed by atoms with Gasteiger partial charge >= 0.3 is 0 Å². The smallest absolute Gasteiger partial charge is 0.164 e. The van der Waals surface area contributed by atoms with Crippen molar-refractivity contribution in [2.75, 3.05) is 0 Å². The maximum Gasteiger partial charge on any atom is 0.164 e. The molecule has 0 spiro atoms. The van der Waals surface area contributed by atoms with E-state index in [2.05, 4.69) is 218 Å². The summed E-state index contributed by atoms with van der Waals surface area (Å²) >= 11 is 0. The summed E-state index contributed by atoms with van der Waals surface area (Å²) in [4.78, 5) is 15.8. The average Bonchev–Trinajstić information content (AvgIpc) is 3.79. The number of rotatable bonds is 8. The van der Waals surface area contributed by atoms with E-state index in [0.717, 1.165) is 88.3 Å². The SMILES string of the molecule is c1ccc(-c2ccc(-c3nc(-c4ccc(-c5ccccc5)c5ccccc45)nc(-c4cccc5oc6c(-c7ccc(-c8cccc(-c9ccccc9)c8)cc7)cccc6c45)n3)cc2)cc1. The van der Waals surface area contributed by atoms with Crippen molar-refractivity contribution in [3.63, 3.8) is 0 Å². The number of furan rings is 1. The van der Waals surface area contributed by atoms with Gasteiger partial charge in [-0.2, -0.15) is 0 Å². The van der Waals surface area contributed by atoms with Crippen LogP contribution in [-0.4, -0.2) is 15.0 Å². The van der Waals surface area contributed by atoms with Crippen LogP contribution < -0.4 is 0 Å². The summed E-state index contributed by atoms with van der Waals surface area (Å²) in [5.74, 6) is 1.78. The van der Waals surface area contributed by atoms with Gasteiger partial charge in [-0.25, -0.2) is 15.0 Å². The second-order valence-electron chi connectivity index (χ2n) is 16.3. The van der Waals surface area contributed by atoms with Crippen LogP contribution >= 0.6 is 0 Å². The molecule has 0 fully saturated rings. The second kappa shape index (κ2) is 16.2. The predicted octanol–water partition coefficient (Wildman–Crippen LogP) is 16.3. The number of fused-ring (bicyclic) bond motifs is 4. The average molecular weight is 830 g/mol. The Labute approximate surface area is 376 Å². The molecule has 10 aromatic carbocycles. The number of benzene rings is 10. The van der Waals surface area contributed by atoms with E-state index in [9.17, 15) is 0 Å². The Kier molecular flexibility index (Phi) is 9.46. The van der Waals surface area contributed by atoms with Crippen LogP contribution in [0.1, 0.15) is 0 Å². The summed E-state index contributed by atoms with van der Waals surface area (Å²) in [6.45, 7) is 0. The highest BCUT2D eigenvalue weighted by atomic mass is 16.3. The molecule has 12 aromatic rings. The summed E-state index contributed by atoms with van der Waals surface area (Å²) in [6.07, 6.45) is 0. The Balaban J connectivity index is 0.989. The van der Waals surface area contributed by atoms with Crippen LogP contribution in [0.25, 0.3) is 123 Å². The molecular weight excluding hydrogens is 791 g/mol. The lowest BCUT2D eigenvalue weighted by Gasteiger charge is -2.13. The van der Waals surface area contributed by atoms with E-state index >= 15 is 0 Å². The van der Waals surface area contributed by atoms with Crippen LogP contribution in [-0.2, 0) is 0 Å². The Bertz CT molecular complexity index is 3670. The van der Waals surface area contributed by atoms with E-state index < -0.39 is 0 Å². The minimum atomic E-state index is 0.578. The summed E-state index contributed by atoms with van der Waals surface area (Å²) < 4.78 is 6.81. The molecule has 0 saturated heterocycles. The molecule has 0 saturated carbocycles. The van der Waals surface area contributed by atoms with Gasteiger partial charge < -0.3 is 4.42 Å². The fourth-order valence-electron chi connectivity index (χ4n) is 9.16. The molecule has 2 aromatic heterocycles. The Morgan fingerprint density at radius 2 is 0.662 bits per heavy atom. The van der Waals surface area contributed by atoms with Crippen molar-refractivity contribution in [2.24, 2.45) is 0 Å². The number of aromatic nitrogens is 3. The topological polar surface area (TPSA) is 51.8 Å². The van der Waals surface area contributed by atoms with E-state index in [1.54, 1.807) is 0 Å². The number of hydrogen-bond acceptors (Lipinski definition) is 4. The molecule has 65 heavy (non-hydrogen) atoms. The van der Waals surface area contributed by atoms with Crippen molar-refractivity contribution < 1.29 is 4.42 Å². The van der Waals surface area contributed by atoms with Crippen LogP contribution in [0, 0.1) is 0 Å². The summed E-state index contributed by atoms with van der Waals surface area (Å²) in [5, 5.41) is 4.17. The third-order valence-corrected chi connectivity index (χ3v) is 12.4. The zero-order valence-electron chi connectivity index (χ0n) is 35.3. The molecule has 4 nitrogen and oxygen atoms in total. The molecule has 0 aliphatic carbocycles. The number of hydrogen-bond donors (Lipinski definition) is 0. The van der Waals surface area contributed by atoms with Gasteiger partial charge in [0.25, 0.3) is 0 Å². The molecule has 0 atom stereocenters. The molecule has 0 amide bonds. The standard InChI is InChI=1S/C61H39N3O/c1-4-15-40(16-5-1)42-31-35-46(36-32-42)59-62-60(53-38-37-49(44-19-8-3-9-20-44)51-23-10-11-24-52(51)53)64-61(63-59)55-27-14-28-56-57(55)54-26-13-25-50(58(54)65-56)45-33-29-43(30-34-45)48-22-12-21-47(39-48)41-17-6-2-7-18-41/h1-39H. The van der Waals surface area contributed by atoms with E-state index in [1.165, 1.54) is 16.7 Å². The Hall–Kier alpha value is -8.73. The third-order valence-electron chi connectivity index (χ3n) is 12.4. The van der Waals surface area contributed by atoms with Crippen LogP contribution in [0.3, 0.4) is 0 Å². The second-order valence-corrected chi connectivity index (χ2v) is 16.3. The molecule has 0 N–H and O–H groups in total. The molecule has 0 aliphatic heterocycles. The quantitative estimate of drug-likeness (QED) is 0.153. The van der Waals surface area contributed by atoms with Gasteiger partial charge in [0.1, 0.15) is 11.2 Å². The minimum Gasteiger partial charge on any atom is -0.455 e. The van der Waals surface area contributed by atoms with Crippen LogP contribution in [0.5, 0.6) is 0 Å². The maximum absolute atomic E-state index is 6.81. The van der Waals surface area contributed by atoms with Crippen molar-refractivity contribution in [1.82, 2.24) is 15.0 Å². The molecule has 0 bridgehead atoms. The summed E-state index contributed by atoms with van der Waals surface area (Å²) in [5.41, 5.74) is 15.7. The molecule has 0 unspecified atom stereocenters. The maximum atomic E-state index is 6.81. The molecule has 0 aliphatic rings. The highest BCUT2D eigenvalue weighted by molar-refractivity contribution is 6.15.